The third-order valence-electron chi connectivity index (χ3n) is 2.36. The first kappa shape index (κ1) is 13.4. The van der Waals surface area contributed by atoms with Crippen molar-refractivity contribution in [3.8, 4) is 0 Å². The van der Waals surface area contributed by atoms with Gasteiger partial charge in [0.25, 0.3) is 5.69 Å². The molecule has 0 unspecified atom stereocenters. The predicted octanol–water partition coefficient (Wildman–Crippen LogP) is 2.26. The number of anilines is 1. The Morgan fingerprint density at radius 2 is 2.18 bits per heavy atom. The number of aliphatic hydroxyl groups is 1. The molecule has 6 heteroatoms. The standard InChI is InChI=1S/C11H15FN2O3/c1-7(2)8-5-10(13-3-4-15)9(12)6-11(8)14(16)17/h5-7,13,15H,3-4H2,1-2H3. The number of nitrogens with zero attached hydrogens (tertiary/aromatic N) is 1. The lowest BCUT2D eigenvalue weighted by molar-refractivity contribution is -0.385. The van der Waals surface area contributed by atoms with Gasteiger partial charge < -0.3 is 10.4 Å². The molecule has 0 bridgehead atoms. The maximum absolute atomic E-state index is 13.5. The molecule has 0 aliphatic heterocycles. The summed E-state index contributed by atoms with van der Waals surface area (Å²) < 4.78 is 13.5. The fourth-order valence-corrected chi connectivity index (χ4v) is 1.53. The first-order valence-corrected chi connectivity index (χ1v) is 5.30. The zero-order valence-corrected chi connectivity index (χ0v) is 9.74. The Hall–Kier alpha value is -1.69. The van der Waals surface area contributed by atoms with Gasteiger partial charge in [0.15, 0.2) is 5.82 Å². The number of rotatable bonds is 5. The van der Waals surface area contributed by atoms with Gasteiger partial charge in [-0.15, -0.1) is 0 Å². The van der Waals surface area contributed by atoms with Crippen LogP contribution < -0.4 is 5.32 Å². The number of hydrogen-bond acceptors (Lipinski definition) is 4. The number of aliphatic hydroxyl groups excluding tert-OH is 1. The Bertz CT molecular complexity index is 421. The van der Waals surface area contributed by atoms with Crippen LogP contribution in [0.4, 0.5) is 15.8 Å². The molecule has 0 radical (unpaired) electrons. The lowest BCUT2D eigenvalue weighted by Gasteiger charge is -2.11. The van der Waals surface area contributed by atoms with Crippen molar-refractivity contribution in [2.75, 3.05) is 18.5 Å². The predicted molar refractivity (Wildman–Crippen MR) is 62.7 cm³/mol. The molecule has 0 fully saturated rings. The van der Waals surface area contributed by atoms with Crippen molar-refractivity contribution in [3.05, 3.63) is 33.6 Å². The van der Waals surface area contributed by atoms with E-state index in [4.69, 9.17) is 5.11 Å². The molecule has 1 aromatic carbocycles. The molecule has 0 atom stereocenters. The van der Waals surface area contributed by atoms with E-state index in [2.05, 4.69) is 5.32 Å². The number of nitrogens with one attached hydrogen (secondary N) is 1. The van der Waals surface area contributed by atoms with E-state index < -0.39 is 10.7 Å². The second kappa shape index (κ2) is 5.58. The zero-order chi connectivity index (χ0) is 13.0. The van der Waals surface area contributed by atoms with E-state index in [0.29, 0.717) is 5.56 Å². The maximum Gasteiger partial charge on any atom is 0.275 e. The van der Waals surface area contributed by atoms with Crippen molar-refractivity contribution < 1.29 is 14.4 Å². The normalized spacial score (nSPS) is 10.6. The molecule has 1 aromatic rings. The first-order valence-electron chi connectivity index (χ1n) is 5.30. The first-order chi connectivity index (χ1) is 7.97. The van der Waals surface area contributed by atoms with Gasteiger partial charge in [0.05, 0.1) is 23.3 Å². The summed E-state index contributed by atoms with van der Waals surface area (Å²) in [6.45, 7) is 3.67. The minimum atomic E-state index is -0.686. The van der Waals surface area contributed by atoms with Crippen LogP contribution in [0.15, 0.2) is 12.1 Å². The van der Waals surface area contributed by atoms with Crippen LogP contribution >= 0.6 is 0 Å². The summed E-state index contributed by atoms with van der Waals surface area (Å²) in [5.41, 5.74) is 0.428. The summed E-state index contributed by atoms with van der Waals surface area (Å²) in [6.07, 6.45) is 0. The highest BCUT2D eigenvalue weighted by molar-refractivity contribution is 5.56. The van der Waals surface area contributed by atoms with Crippen LogP contribution in [0.2, 0.25) is 0 Å². The highest BCUT2D eigenvalue weighted by Gasteiger charge is 2.20. The van der Waals surface area contributed by atoms with Crippen LogP contribution in [0, 0.1) is 15.9 Å². The summed E-state index contributed by atoms with van der Waals surface area (Å²) in [6, 6.07) is 2.34. The Morgan fingerprint density at radius 3 is 2.65 bits per heavy atom. The van der Waals surface area contributed by atoms with Gasteiger partial charge in [-0.1, -0.05) is 13.8 Å². The van der Waals surface area contributed by atoms with Crippen LogP contribution in [-0.4, -0.2) is 23.2 Å². The van der Waals surface area contributed by atoms with Gasteiger partial charge in [0.2, 0.25) is 0 Å². The van der Waals surface area contributed by atoms with Crippen molar-refractivity contribution in [3.63, 3.8) is 0 Å². The monoisotopic (exact) mass is 242 g/mol. The Kier molecular flexibility index (Phi) is 4.39. The molecule has 0 aromatic heterocycles. The molecule has 0 saturated heterocycles. The molecule has 5 nitrogen and oxygen atoms in total. The molecule has 17 heavy (non-hydrogen) atoms. The molecule has 0 aliphatic rings. The van der Waals surface area contributed by atoms with Crippen molar-refractivity contribution in [2.24, 2.45) is 0 Å². The van der Waals surface area contributed by atoms with E-state index in [1.54, 1.807) is 13.8 Å². The Morgan fingerprint density at radius 1 is 1.53 bits per heavy atom. The summed E-state index contributed by atoms with van der Waals surface area (Å²) >= 11 is 0. The van der Waals surface area contributed by atoms with Crippen molar-refractivity contribution in [1.82, 2.24) is 0 Å². The van der Waals surface area contributed by atoms with Crippen molar-refractivity contribution >= 4 is 11.4 Å². The smallest absolute Gasteiger partial charge is 0.275 e. The molecule has 2 N–H and O–H groups in total. The molecular formula is C11H15FN2O3. The largest absolute Gasteiger partial charge is 0.395 e. The topological polar surface area (TPSA) is 75.4 Å². The van der Waals surface area contributed by atoms with Crippen LogP contribution in [0.5, 0.6) is 0 Å². The van der Waals surface area contributed by atoms with Crippen molar-refractivity contribution in [1.29, 1.82) is 0 Å². The zero-order valence-electron chi connectivity index (χ0n) is 9.74. The molecule has 94 valence electrons. The van der Waals surface area contributed by atoms with Gasteiger partial charge in [-0.3, -0.25) is 10.1 Å². The summed E-state index contributed by atoms with van der Waals surface area (Å²) in [7, 11) is 0. The van der Waals surface area contributed by atoms with Crippen LogP contribution in [0.25, 0.3) is 0 Å². The molecule has 0 saturated carbocycles. The fraction of sp³-hybridized carbons (Fsp3) is 0.455. The van der Waals surface area contributed by atoms with Crippen LogP contribution in [-0.2, 0) is 0 Å². The highest BCUT2D eigenvalue weighted by atomic mass is 19.1. The number of nitro groups is 1. The van der Waals surface area contributed by atoms with Gasteiger partial charge in [0.1, 0.15) is 0 Å². The van der Waals surface area contributed by atoms with Gasteiger partial charge in [-0.25, -0.2) is 4.39 Å². The van der Waals surface area contributed by atoms with E-state index in [9.17, 15) is 14.5 Å². The van der Waals surface area contributed by atoms with Gasteiger partial charge in [0, 0.05) is 12.1 Å². The van der Waals surface area contributed by atoms with E-state index in [1.807, 2.05) is 0 Å². The molecule has 0 aliphatic carbocycles. The molecule has 0 heterocycles. The second-order valence-electron chi connectivity index (χ2n) is 3.95. The summed E-state index contributed by atoms with van der Waals surface area (Å²) in [4.78, 5) is 10.2. The minimum Gasteiger partial charge on any atom is -0.395 e. The lowest BCUT2D eigenvalue weighted by Crippen LogP contribution is -2.08. The third kappa shape index (κ3) is 3.13. The summed E-state index contributed by atoms with van der Waals surface area (Å²) in [5.74, 6) is -0.764. The molecule has 0 amide bonds. The quantitative estimate of drug-likeness (QED) is 0.613. The Balaban J connectivity index is 3.20. The van der Waals surface area contributed by atoms with Crippen LogP contribution in [0.3, 0.4) is 0 Å². The van der Waals surface area contributed by atoms with E-state index in [-0.39, 0.29) is 30.4 Å². The van der Waals surface area contributed by atoms with Gasteiger partial charge in [-0.2, -0.15) is 0 Å². The highest BCUT2D eigenvalue weighted by Crippen LogP contribution is 2.31. The summed E-state index contributed by atoms with van der Waals surface area (Å²) in [5, 5.41) is 22.1. The average molecular weight is 242 g/mol. The third-order valence-corrected chi connectivity index (χ3v) is 2.36. The lowest BCUT2D eigenvalue weighted by atomic mass is 10.00. The van der Waals surface area contributed by atoms with Crippen molar-refractivity contribution in [2.45, 2.75) is 19.8 Å². The SMILES string of the molecule is CC(C)c1cc(NCCO)c(F)cc1[N+](=O)[O-]. The van der Waals surface area contributed by atoms with Gasteiger partial charge >= 0.3 is 0 Å². The van der Waals surface area contributed by atoms with E-state index >= 15 is 0 Å². The van der Waals surface area contributed by atoms with Crippen LogP contribution in [0.1, 0.15) is 25.3 Å². The number of halogens is 1. The fourth-order valence-electron chi connectivity index (χ4n) is 1.53. The molecule has 1 rings (SSSR count). The average Bonchev–Trinajstić information content (AvgIpc) is 2.26. The minimum absolute atomic E-state index is 0.0781. The molecular weight excluding hydrogens is 227 g/mol. The Labute approximate surface area is 98.4 Å². The van der Waals surface area contributed by atoms with E-state index in [1.165, 1.54) is 6.07 Å². The van der Waals surface area contributed by atoms with E-state index in [0.717, 1.165) is 6.07 Å². The number of nitro benzene ring substituents is 1. The maximum atomic E-state index is 13.5. The second-order valence-corrected chi connectivity index (χ2v) is 3.95. The number of benzene rings is 1. The number of hydrogen-bond donors (Lipinski definition) is 2. The van der Waals surface area contributed by atoms with Gasteiger partial charge in [-0.05, 0) is 12.0 Å². The molecule has 0 spiro atoms.